The standard InChI is InChI=1S/C32H44O4/c1-6-21-7-9-22(10-8-21)24-17-29(4)25(12-14-30(29,5)33)23-11-15-31(34)18-32(16-13-26(31)27(23)24)35-19-28(2,3)20-36-32/h6-10,23-25,33-34H,1,11-20H2,2-5H3/t23?,24-,25?,29+,30+,31-/m1/s1. The van der Waals surface area contributed by atoms with Crippen LogP contribution in [-0.4, -0.2) is 40.4 Å². The van der Waals surface area contributed by atoms with Crippen molar-refractivity contribution in [3.05, 3.63) is 53.1 Å². The van der Waals surface area contributed by atoms with Gasteiger partial charge in [-0.1, -0.05) is 63.3 Å². The SMILES string of the molecule is C=Cc1ccc([C@H]2C[C@@]3(C)C(CC[C@]3(C)O)C3CC[C@@]4(O)CC5(CCC4=C32)OCC(C)(C)CO5)cc1. The lowest BCUT2D eigenvalue weighted by Crippen LogP contribution is -2.58. The maximum absolute atomic E-state index is 12.3. The summed E-state index contributed by atoms with van der Waals surface area (Å²) in [6.07, 6.45) is 8.62. The Bertz CT molecular complexity index is 1070. The molecule has 1 spiro atoms. The molecule has 1 heterocycles. The molecule has 4 fully saturated rings. The Kier molecular flexibility index (Phi) is 5.54. The zero-order chi connectivity index (χ0) is 25.6. The fourth-order valence-electron chi connectivity index (χ4n) is 8.64. The average molecular weight is 493 g/mol. The van der Waals surface area contributed by atoms with Crippen molar-refractivity contribution in [3.63, 3.8) is 0 Å². The third-order valence-corrected chi connectivity index (χ3v) is 11.0. The molecule has 4 aliphatic carbocycles. The summed E-state index contributed by atoms with van der Waals surface area (Å²) in [5.41, 5.74) is 3.50. The van der Waals surface area contributed by atoms with Gasteiger partial charge in [-0.05, 0) is 74.0 Å². The van der Waals surface area contributed by atoms with Crippen molar-refractivity contribution in [2.24, 2.45) is 22.7 Å². The highest BCUT2D eigenvalue weighted by atomic mass is 16.7. The van der Waals surface area contributed by atoms with Crippen molar-refractivity contribution < 1.29 is 19.7 Å². The predicted molar refractivity (Wildman–Crippen MR) is 142 cm³/mol. The van der Waals surface area contributed by atoms with Crippen LogP contribution >= 0.6 is 0 Å². The number of allylic oxidation sites excluding steroid dienone is 1. The summed E-state index contributed by atoms with van der Waals surface area (Å²) in [5.74, 6) is 0.422. The van der Waals surface area contributed by atoms with Crippen molar-refractivity contribution >= 4 is 6.08 Å². The second-order valence-corrected chi connectivity index (χ2v) is 13.9. The lowest BCUT2D eigenvalue weighted by atomic mass is 9.50. The highest BCUT2D eigenvalue weighted by Gasteiger charge is 2.63. The molecule has 36 heavy (non-hydrogen) atoms. The van der Waals surface area contributed by atoms with E-state index in [2.05, 4.69) is 58.5 Å². The van der Waals surface area contributed by atoms with Gasteiger partial charge < -0.3 is 19.7 Å². The summed E-state index contributed by atoms with van der Waals surface area (Å²) in [4.78, 5) is 0. The minimum Gasteiger partial charge on any atom is -0.390 e. The average Bonchev–Trinajstić information content (AvgIpc) is 3.08. The van der Waals surface area contributed by atoms with E-state index in [0.29, 0.717) is 31.5 Å². The van der Waals surface area contributed by atoms with Crippen LogP contribution in [0, 0.1) is 22.7 Å². The highest BCUT2D eigenvalue weighted by Crippen LogP contribution is 2.67. The van der Waals surface area contributed by atoms with Gasteiger partial charge in [-0.25, -0.2) is 0 Å². The van der Waals surface area contributed by atoms with E-state index in [4.69, 9.17) is 9.47 Å². The molecule has 3 saturated carbocycles. The lowest BCUT2D eigenvalue weighted by molar-refractivity contribution is -0.322. The molecule has 4 heteroatoms. The number of hydrogen-bond acceptors (Lipinski definition) is 4. The van der Waals surface area contributed by atoms with Gasteiger partial charge in [0.25, 0.3) is 0 Å². The van der Waals surface area contributed by atoms with Gasteiger partial charge in [-0.15, -0.1) is 0 Å². The second-order valence-electron chi connectivity index (χ2n) is 13.9. The molecule has 0 radical (unpaired) electrons. The number of fused-ring (bicyclic) bond motifs is 4. The fraction of sp³-hybridized carbons (Fsp3) is 0.688. The van der Waals surface area contributed by atoms with Crippen LogP contribution in [0.15, 0.2) is 42.0 Å². The van der Waals surface area contributed by atoms with Crippen LogP contribution in [0.3, 0.4) is 0 Å². The van der Waals surface area contributed by atoms with E-state index in [9.17, 15) is 10.2 Å². The monoisotopic (exact) mass is 492 g/mol. The number of benzene rings is 1. The number of ether oxygens (including phenoxy) is 2. The van der Waals surface area contributed by atoms with Gasteiger partial charge in [0, 0.05) is 29.6 Å². The van der Waals surface area contributed by atoms with Gasteiger partial charge in [0.1, 0.15) is 0 Å². The maximum atomic E-state index is 12.3. The molecule has 0 amide bonds. The molecule has 196 valence electrons. The van der Waals surface area contributed by atoms with Crippen LogP contribution in [0.5, 0.6) is 0 Å². The molecule has 0 bridgehead atoms. The molecule has 1 saturated heterocycles. The molecule has 1 aromatic rings. The summed E-state index contributed by atoms with van der Waals surface area (Å²) in [7, 11) is 0. The van der Waals surface area contributed by atoms with Crippen molar-refractivity contribution in [1.29, 1.82) is 0 Å². The molecule has 1 aromatic carbocycles. The van der Waals surface area contributed by atoms with E-state index in [0.717, 1.165) is 50.5 Å². The van der Waals surface area contributed by atoms with Crippen molar-refractivity contribution in [2.45, 2.75) is 102 Å². The molecule has 5 aliphatic rings. The van der Waals surface area contributed by atoms with Gasteiger partial charge >= 0.3 is 0 Å². The normalized spacial score (nSPS) is 43.0. The first-order chi connectivity index (χ1) is 16.9. The number of hydrogen-bond donors (Lipinski definition) is 2. The Hall–Kier alpha value is -1.46. The lowest BCUT2D eigenvalue weighted by Gasteiger charge is -2.58. The number of aliphatic hydroxyl groups is 2. The van der Waals surface area contributed by atoms with Crippen LogP contribution in [-0.2, 0) is 9.47 Å². The molecule has 2 N–H and O–H groups in total. The first kappa shape index (κ1) is 24.9. The molecular weight excluding hydrogens is 448 g/mol. The van der Waals surface area contributed by atoms with Crippen molar-refractivity contribution in [2.75, 3.05) is 13.2 Å². The van der Waals surface area contributed by atoms with E-state index in [-0.39, 0.29) is 16.7 Å². The molecule has 1 aliphatic heterocycles. The quantitative estimate of drug-likeness (QED) is 0.471. The van der Waals surface area contributed by atoms with E-state index in [1.54, 1.807) is 0 Å². The van der Waals surface area contributed by atoms with Crippen LogP contribution in [0.1, 0.15) is 96.1 Å². The Labute approximate surface area is 216 Å². The van der Waals surface area contributed by atoms with E-state index in [1.165, 1.54) is 16.7 Å². The summed E-state index contributed by atoms with van der Waals surface area (Å²) in [5, 5.41) is 23.8. The van der Waals surface area contributed by atoms with E-state index >= 15 is 0 Å². The minimum atomic E-state index is -0.875. The topological polar surface area (TPSA) is 58.9 Å². The zero-order valence-electron chi connectivity index (χ0n) is 22.6. The van der Waals surface area contributed by atoms with Gasteiger partial charge in [-0.2, -0.15) is 0 Å². The first-order valence-corrected chi connectivity index (χ1v) is 14.1. The maximum Gasteiger partial charge on any atom is 0.171 e. The molecular formula is C32H44O4. The highest BCUT2D eigenvalue weighted by molar-refractivity contribution is 5.50. The fourth-order valence-corrected chi connectivity index (χ4v) is 8.64. The molecule has 0 aromatic heterocycles. The summed E-state index contributed by atoms with van der Waals surface area (Å²) < 4.78 is 12.7. The Balaban J connectivity index is 1.43. The summed E-state index contributed by atoms with van der Waals surface area (Å²) >= 11 is 0. The van der Waals surface area contributed by atoms with E-state index < -0.39 is 17.0 Å². The predicted octanol–water partition coefficient (Wildman–Crippen LogP) is 6.38. The Morgan fingerprint density at radius 1 is 0.944 bits per heavy atom. The zero-order valence-corrected chi connectivity index (χ0v) is 22.6. The third kappa shape index (κ3) is 3.62. The molecule has 4 nitrogen and oxygen atoms in total. The largest absolute Gasteiger partial charge is 0.390 e. The Morgan fingerprint density at radius 3 is 2.31 bits per heavy atom. The molecule has 6 atom stereocenters. The molecule has 2 unspecified atom stereocenters. The Morgan fingerprint density at radius 2 is 1.64 bits per heavy atom. The summed E-state index contributed by atoms with van der Waals surface area (Å²) in [6, 6.07) is 8.79. The minimum absolute atomic E-state index is 0.0141. The molecule has 6 rings (SSSR count). The van der Waals surface area contributed by atoms with Crippen molar-refractivity contribution in [3.8, 4) is 0 Å². The van der Waals surface area contributed by atoms with Gasteiger partial charge in [0.15, 0.2) is 5.79 Å². The first-order valence-electron chi connectivity index (χ1n) is 14.1. The van der Waals surface area contributed by atoms with Gasteiger partial charge in [0.05, 0.1) is 24.4 Å². The third-order valence-electron chi connectivity index (χ3n) is 11.0. The van der Waals surface area contributed by atoms with Crippen LogP contribution in [0.4, 0.5) is 0 Å². The van der Waals surface area contributed by atoms with Gasteiger partial charge in [-0.3, -0.25) is 0 Å². The van der Waals surface area contributed by atoms with Gasteiger partial charge in [0.2, 0.25) is 0 Å². The number of rotatable bonds is 2. The van der Waals surface area contributed by atoms with Crippen molar-refractivity contribution in [1.82, 2.24) is 0 Å². The second kappa shape index (κ2) is 8.02. The van der Waals surface area contributed by atoms with E-state index in [1.807, 2.05) is 6.08 Å². The van der Waals surface area contributed by atoms with Crippen LogP contribution < -0.4 is 0 Å². The smallest absolute Gasteiger partial charge is 0.171 e. The summed E-state index contributed by atoms with van der Waals surface area (Å²) in [6.45, 7) is 14.0. The van der Waals surface area contributed by atoms with Crippen LogP contribution in [0.2, 0.25) is 0 Å². The van der Waals surface area contributed by atoms with Crippen LogP contribution in [0.25, 0.3) is 6.08 Å².